The maximum atomic E-state index is 2.47. The summed E-state index contributed by atoms with van der Waals surface area (Å²) in [6, 6.07) is 54.9. The molecule has 0 heterocycles. The second-order valence-corrected chi connectivity index (χ2v) is 14.9. The van der Waals surface area contributed by atoms with Crippen LogP contribution in [0.15, 0.2) is 146 Å². The van der Waals surface area contributed by atoms with Gasteiger partial charge in [-0.15, -0.1) is 0 Å². The van der Waals surface area contributed by atoms with Crippen molar-refractivity contribution in [2.45, 2.75) is 38.5 Å². The van der Waals surface area contributed by atoms with Crippen LogP contribution in [0, 0.1) is 0 Å². The van der Waals surface area contributed by atoms with Crippen molar-refractivity contribution in [1.29, 1.82) is 0 Å². The van der Waals surface area contributed by atoms with Crippen molar-refractivity contribution in [2.75, 3.05) is 0 Å². The third kappa shape index (κ3) is 3.55. The highest BCUT2D eigenvalue weighted by Gasteiger charge is 2.38. The molecule has 0 atom stereocenters. The summed E-state index contributed by atoms with van der Waals surface area (Å²) in [4.78, 5) is 0. The lowest BCUT2D eigenvalue weighted by Gasteiger charge is -2.24. The largest absolute Gasteiger partial charge is 0.0619 e. The molecule has 2 aliphatic rings. The fourth-order valence-electron chi connectivity index (χ4n) is 9.38. The molecule has 228 valence electrons. The van der Waals surface area contributed by atoms with Crippen LogP contribution in [-0.4, -0.2) is 0 Å². The molecule has 2 aliphatic carbocycles. The molecule has 0 aliphatic heterocycles. The fraction of sp³-hybridized carbons (Fsp3) is 0.125. The molecule has 0 aromatic heterocycles. The summed E-state index contributed by atoms with van der Waals surface area (Å²) in [5.41, 5.74) is 16.2. The highest BCUT2D eigenvalue weighted by molar-refractivity contribution is 6.21. The lowest BCUT2D eigenvalue weighted by atomic mass is 9.79. The van der Waals surface area contributed by atoms with Gasteiger partial charge in [-0.25, -0.2) is 0 Å². The van der Waals surface area contributed by atoms with Crippen LogP contribution in [0.1, 0.15) is 49.9 Å². The van der Waals surface area contributed by atoms with E-state index in [2.05, 4.69) is 173 Å². The molecular formula is C48H36. The second-order valence-electron chi connectivity index (χ2n) is 14.9. The molecular weight excluding hydrogens is 577 g/mol. The average Bonchev–Trinajstić information content (AvgIpc) is 3.49. The van der Waals surface area contributed by atoms with E-state index in [4.69, 9.17) is 0 Å². The van der Waals surface area contributed by atoms with Crippen LogP contribution < -0.4 is 0 Å². The number of fused-ring (bicyclic) bond motifs is 10. The zero-order chi connectivity index (χ0) is 32.4. The van der Waals surface area contributed by atoms with Crippen LogP contribution in [0.3, 0.4) is 0 Å². The third-order valence-electron chi connectivity index (χ3n) is 11.6. The molecule has 0 spiro atoms. The van der Waals surface area contributed by atoms with Gasteiger partial charge < -0.3 is 0 Å². The Kier molecular flexibility index (Phi) is 5.50. The van der Waals surface area contributed by atoms with Crippen molar-refractivity contribution in [3.05, 3.63) is 168 Å². The molecule has 48 heavy (non-hydrogen) atoms. The molecule has 0 N–H and O–H groups in total. The van der Waals surface area contributed by atoms with E-state index in [0.717, 1.165) is 0 Å². The van der Waals surface area contributed by atoms with Crippen molar-refractivity contribution in [2.24, 2.45) is 0 Å². The molecule has 0 bridgehead atoms. The van der Waals surface area contributed by atoms with Gasteiger partial charge in [-0.2, -0.15) is 0 Å². The zero-order valence-corrected chi connectivity index (χ0v) is 27.9. The van der Waals surface area contributed by atoms with E-state index >= 15 is 0 Å². The molecule has 8 aromatic rings. The van der Waals surface area contributed by atoms with Gasteiger partial charge in [0.2, 0.25) is 0 Å². The Morgan fingerprint density at radius 2 is 0.833 bits per heavy atom. The van der Waals surface area contributed by atoms with Crippen LogP contribution in [0.5, 0.6) is 0 Å². The molecule has 0 heteroatoms. The minimum Gasteiger partial charge on any atom is -0.0619 e. The van der Waals surface area contributed by atoms with Crippen molar-refractivity contribution < 1.29 is 0 Å². The Morgan fingerprint density at radius 1 is 0.333 bits per heavy atom. The molecule has 0 radical (unpaired) electrons. The normalized spacial score (nSPS) is 15.0. The predicted octanol–water partition coefficient (Wildman–Crippen LogP) is 13.1. The Morgan fingerprint density at radius 3 is 1.52 bits per heavy atom. The summed E-state index contributed by atoms with van der Waals surface area (Å²) < 4.78 is 0. The van der Waals surface area contributed by atoms with Gasteiger partial charge in [0.15, 0.2) is 0 Å². The van der Waals surface area contributed by atoms with Gasteiger partial charge in [-0.3, -0.25) is 0 Å². The van der Waals surface area contributed by atoms with E-state index < -0.39 is 0 Å². The predicted molar refractivity (Wildman–Crippen MR) is 205 cm³/mol. The minimum atomic E-state index is -0.0704. The highest BCUT2D eigenvalue weighted by Crippen LogP contribution is 2.54. The lowest BCUT2D eigenvalue weighted by molar-refractivity contribution is 0.660. The zero-order valence-electron chi connectivity index (χ0n) is 27.9. The van der Waals surface area contributed by atoms with E-state index in [0.29, 0.717) is 0 Å². The van der Waals surface area contributed by atoms with E-state index in [1.54, 1.807) is 0 Å². The van der Waals surface area contributed by atoms with Gasteiger partial charge in [-0.1, -0.05) is 161 Å². The van der Waals surface area contributed by atoms with Gasteiger partial charge in [-0.05, 0) is 111 Å². The number of benzene rings is 8. The quantitative estimate of drug-likeness (QED) is 0.170. The average molecular weight is 613 g/mol. The van der Waals surface area contributed by atoms with Crippen LogP contribution in [-0.2, 0) is 10.8 Å². The SMILES string of the molecule is CC1(C)c2ccccc2-c2ccc(-c3c4ccccc4c(-c4ccc5c(c4)-c4ccc6ccccc6c4C5(C)C)c4ccccc34)cc21. The van der Waals surface area contributed by atoms with E-state index in [9.17, 15) is 0 Å². The fourth-order valence-corrected chi connectivity index (χ4v) is 9.38. The Labute approximate surface area is 282 Å². The Hall–Kier alpha value is -5.46. The Balaban J connectivity index is 1.23. The molecule has 0 amide bonds. The third-order valence-corrected chi connectivity index (χ3v) is 11.6. The first-order chi connectivity index (χ1) is 23.3. The summed E-state index contributed by atoms with van der Waals surface area (Å²) in [5, 5.41) is 7.86. The number of hydrogen-bond acceptors (Lipinski definition) is 0. The second kappa shape index (κ2) is 9.55. The highest BCUT2D eigenvalue weighted by atomic mass is 14.4. The maximum absolute atomic E-state index is 2.47. The summed E-state index contributed by atoms with van der Waals surface area (Å²) in [6.07, 6.45) is 0. The monoisotopic (exact) mass is 612 g/mol. The number of hydrogen-bond donors (Lipinski definition) is 0. The van der Waals surface area contributed by atoms with Gasteiger partial charge in [0.25, 0.3) is 0 Å². The summed E-state index contributed by atoms with van der Waals surface area (Å²) in [6.45, 7) is 9.52. The molecule has 10 rings (SSSR count). The van der Waals surface area contributed by atoms with E-state index in [1.807, 2.05) is 0 Å². The molecule has 0 nitrogen and oxygen atoms in total. The molecule has 0 unspecified atom stereocenters. The molecule has 0 saturated heterocycles. The first-order valence-electron chi connectivity index (χ1n) is 17.2. The summed E-state index contributed by atoms with van der Waals surface area (Å²) in [5.74, 6) is 0. The first-order valence-corrected chi connectivity index (χ1v) is 17.2. The smallest absolute Gasteiger partial charge is 0.0165 e. The van der Waals surface area contributed by atoms with Crippen LogP contribution in [0.4, 0.5) is 0 Å². The lowest BCUT2D eigenvalue weighted by Crippen LogP contribution is -2.15. The first kappa shape index (κ1) is 27.6. The van der Waals surface area contributed by atoms with Crippen molar-refractivity contribution in [3.8, 4) is 44.5 Å². The van der Waals surface area contributed by atoms with Crippen molar-refractivity contribution in [1.82, 2.24) is 0 Å². The van der Waals surface area contributed by atoms with Crippen LogP contribution in [0.25, 0.3) is 76.8 Å². The van der Waals surface area contributed by atoms with Gasteiger partial charge in [0, 0.05) is 10.8 Å². The summed E-state index contributed by atoms with van der Waals surface area (Å²) >= 11 is 0. The molecule has 8 aromatic carbocycles. The van der Waals surface area contributed by atoms with E-state index in [1.165, 1.54) is 99.1 Å². The number of rotatable bonds is 2. The molecule has 0 saturated carbocycles. The molecule has 0 fully saturated rings. The van der Waals surface area contributed by atoms with Crippen LogP contribution >= 0.6 is 0 Å². The van der Waals surface area contributed by atoms with Gasteiger partial charge in [0.05, 0.1) is 0 Å². The van der Waals surface area contributed by atoms with Crippen molar-refractivity contribution in [3.63, 3.8) is 0 Å². The topological polar surface area (TPSA) is 0 Å². The van der Waals surface area contributed by atoms with Gasteiger partial charge >= 0.3 is 0 Å². The minimum absolute atomic E-state index is 0.0483. The van der Waals surface area contributed by atoms with Crippen molar-refractivity contribution >= 4 is 32.3 Å². The summed E-state index contributed by atoms with van der Waals surface area (Å²) in [7, 11) is 0. The van der Waals surface area contributed by atoms with Crippen LogP contribution in [0.2, 0.25) is 0 Å². The Bertz CT molecular complexity index is 2610. The van der Waals surface area contributed by atoms with E-state index in [-0.39, 0.29) is 10.8 Å². The maximum Gasteiger partial charge on any atom is 0.0165 e. The standard InChI is InChI=1S/C48H36/c1-47(2)41-20-12-11-15-33(41)34-24-22-31(28-43(34)47)45-37-18-9-7-16-35(37)44(36-17-8-10-19-38(36)45)30-23-26-42-40(27-30)39-25-21-29-13-5-6-14-32(29)46(39)48(42,3)4/h5-28H,1-4H3. The van der Waals surface area contributed by atoms with Gasteiger partial charge in [0.1, 0.15) is 0 Å².